The van der Waals surface area contributed by atoms with E-state index in [-0.39, 0.29) is 17.7 Å². The zero-order chi connectivity index (χ0) is 23.4. The van der Waals surface area contributed by atoms with Gasteiger partial charge in [0.25, 0.3) is 5.91 Å². The van der Waals surface area contributed by atoms with E-state index in [0.29, 0.717) is 22.7 Å². The van der Waals surface area contributed by atoms with Crippen LogP contribution < -0.4 is 10.2 Å². The molecule has 0 unspecified atom stereocenters. The second-order valence-electron chi connectivity index (χ2n) is 8.09. The lowest BCUT2D eigenvalue weighted by Crippen LogP contribution is -2.44. The molecule has 4 rings (SSSR count). The first-order valence-electron chi connectivity index (χ1n) is 11.3. The summed E-state index contributed by atoms with van der Waals surface area (Å²) >= 11 is 0. The van der Waals surface area contributed by atoms with Crippen molar-refractivity contribution in [1.29, 1.82) is 0 Å². The molecule has 3 heterocycles. The highest BCUT2D eigenvalue weighted by atomic mass is 32.2. The van der Waals surface area contributed by atoms with Gasteiger partial charge < -0.3 is 10.2 Å². The van der Waals surface area contributed by atoms with Gasteiger partial charge in [0.05, 0.1) is 28.1 Å². The summed E-state index contributed by atoms with van der Waals surface area (Å²) in [5.41, 5.74) is 2.42. The van der Waals surface area contributed by atoms with Crippen LogP contribution in [-0.4, -0.2) is 54.0 Å². The Morgan fingerprint density at radius 1 is 1.09 bits per heavy atom. The summed E-state index contributed by atoms with van der Waals surface area (Å²) in [6, 6.07) is 12.8. The second-order valence-corrected chi connectivity index (χ2v) is 10.4. The third-order valence-electron chi connectivity index (χ3n) is 6.09. The molecule has 0 radical (unpaired) electrons. The van der Waals surface area contributed by atoms with Gasteiger partial charge in [-0.15, -0.1) is 0 Å². The van der Waals surface area contributed by atoms with E-state index < -0.39 is 9.84 Å². The number of sulfone groups is 1. The van der Waals surface area contributed by atoms with E-state index in [1.165, 1.54) is 0 Å². The van der Waals surface area contributed by atoms with E-state index in [1.807, 2.05) is 37.3 Å². The van der Waals surface area contributed by atoms with E-state index in [1.54, 1.807) is 36.1 Å². The average Bonchev–Trinajstić information content (AvgIpc) is 3.29. The molecule has 8 nitrogen and oxygen atoms in total. The van der Waals surface area contributed by atoms with Gasteiger partial charge in [-0.2, -0.15) is 5.10 Å². The number of hydrogen-bond donors (Lipinski definition) is 1. The Kier molecular flexibility index (Phi) is 6.78. The van der Waals surface area contributed by atoms with E-state index >= 15 is 0 Å². The molecule has 1 fully saturated rings. The molecule has 2 aromatic heterocycles. The summed E-state index contributed by atoms with van der Waals surface area (Å²) in [6.07, 6.45) is 5.62. The third kappa shape index (κ3) is 4.93. The van der Waals surface area contributed by atoms with Crippen LogP contribution >= 0.6 is 0 Å². The minimum atomic E-state index is -3.19. The van der Waals surface area contributed by atoms with Crippen molar-refractivity contribution in [2.24, 2.45) is 0 Å². The van der Waals surface area contributed by atoms with Gasteiger partial charge in [0.2, 0.25) is 0 Å². The molecule has 1 aliphatic heterocycles. The van der Waals surface area contributed by atoms with Crippen molar-refractivity contribution in [3.63, 3.8) is 0 Å². The van der Waals surface area contributed by atoms with Gasteiger partial charge in [-0.05, 0) is 55.7 Å². The number of anilines is 1. The number of benzene rings is 1. The molecular formula is C24H29N5O3S. The standard InChI is InChI=1S/C24H29N5O3S/c1-3-22-21(17-26-29(22)23-7-5-6-14-25-23)24(30)27-18-12-15-28(16-13-18)19-8-10-20(11-9-19)33(31,32)4-2/h5-11,14,17-18H,3-4,12-13,15-16H2,1-2H3,(H,27,30). The minimum absolute atomic E-state index is 0.0800. The predicted octanol–water partition coefficient (Wildman–Crippen LogP) is 3.02. The zero-order valence-corrected chi connectivity index (χ0v) is 19.8. The van der Waals surface area contributed by atoms with Crippen LogP contribution in [0, 0.1) is 0 Å². The number of piperidine rings is 1. The van der Waals surface area contributed by atoms with Gasteiger partial charge >= 0.3 is 0 Å². The zero-order valence-electron chi connectivity index (χ0n) is 18.9. The maximum absolute atomic E-state index is 13.0. The molecular weight excluding hydrogens is 438 g/mol. The largest absolute Gasteiger partial charge is 0.371 e. The Labute approximate surface area is 194 Å². The Hall–Kier alpha value is -3.20. The number of hydrogen-bond acceptors (Lipinski definition) is 6. The highest BCUT2D eigenvalue weighted by molar-refractivity contribution is 7.91. The summed E-state index contributed by atoms with van der Waals surface area (Å²) in [5, 5.41) is 7.56. The van der Waals surface area contributed by atoms with Gasteiger partial charge in [-0.25, -0.2) is 18.1 Å². The number of pyridine rings is 1. The first-order valence-corrected chi connectivity index (χ1v) is 12.9. The van der Waals surface area contributed by atoms with E-state index in [9.17, 15) is 13.2 Å². The fourth-order valence-electron chi connectivity index (χ4n) is 4.16. The van der Waals surface area contributed by atoms with E-state index in [0.717, 1.165) is 37.3 Å². The Bertz CT molecular complexity index is 1200. The van der Waals surface area contributed by atoms with Crippen LogP contribution in [0.1, 0.15) is 42.7 Å². The van der Waals surface area contributed by atoms with Crippen LogP contribution in [0.3, 0.4) is 0 Å². The number of aromatic nitrogens is 3. The number of nitrogens with one attached hydrogen (secondary N) is 1. The normalized spacial score (nSPS) is 14.9. The van der Waals surface area contributed by atoms with Crippen molar-refractivity contribution in [3.8, 4) is 5.82 Å². The maximum atomic E-state index is 13.0. The molecule has 1 amide bonds. The lowest BCUT2D eigenvalue weighted by Gasteiger charge is -2.34. The van der Waals surface area contributed by atoms with Crippen molar-refractivity contribution in [2.75, 3.05) is 23.7 Å². The molecule has 0 aliphatic carbocycles. The molecule has 174 valence electrons. The maximum Gasteiger partial charge on any atom is 0.254 e. The number of rotatable bonds is 7. The van der Waals surface area contributed by atoms with Gasteiger partial charge in [0, 0.05) is 31.0 Å². The van der Waals surface area contributed by atoms with Crippen LogP contribution in [0.25, 0.3) is 5.82 Å². The molecule has 0 saturated carbocycles. The van der Waals surface area contributed by atoms with Gasteiger partial charge in [0.15, 0.2) is 15.7 Å². The molecule has 0 atom stereocenters. The fraction of sp³-hybridized carbons (Fsp3) is 0.375. The quantitative estimate of drug-likeness (QED) is 0.574. The second kappa shape index (κ2) is 9.74. The Morgan fingerprint density at radius 2 is 1.82 bits per heavy atom. The summed E-state index contributed by atoms with van der Waals surface area (Å²) < 4.78 is 25.8. The van der Waals surface area contributed by atoms with Crippen LogP contribution in [0.5, 0.6) is 0 Å². The summed E-state index contributed by atoms with van der Waals surface area (Å²) in [6.45, 7) is 5.23. The third-order valence-corrected chi connectivity index (χ3v) is 7.84. The van der Waals surface area contributed by atoms with Crippen molar-refractivity contribution >= 4 is 21.4 Å². The van der Waals surface area contributed by atoms with Crippen molar-refractivity contribution in [3.05, 3.63) is 66.1 Å². The van der Waals surface area contributed by atoms with Crippen LogP contribution in [-0.2, 0) is 16.3 Å². The number of carbonyl (C=O) groups excluding carboxylic acids is 1. The van der Waals surface area contributed by atoms with E-state index in [2.05, 4.69) is 20.3 Å². The lowest BCUT2D eigenvalue weighted by molar-refractivity contribution is 0.0930. The van der Waals surface area contributed by atoms with Gasteiger partial charge in [-0.3, -0.25) is 4.79 Å². The minimum Gasteiger partial charge on any atom is -0.371 e. The van der Waals surface area contributed by atoms with Crippen molar-refractivity contribution < 1.29 is 13.2 Å². The lowest BCUT2D eigenvalue weighted by atomic mass is 10.0. The first kappa shape index (κ1) is 23.0. The molecule has 0 bridgehead atoms. The smallest absolute Gasteiger partial charge is 0.254 e. The Morgan fingerprint density at radius 3 is 2.42 bits per heavy atom. The van der Waals surface area contributed by atoms with Gasteiger partial charge in [0.1, 0.15) is 0 Å². The highest BCUT2D eigenvalue weighted by Crippen LogP contribution is 2.23. The molecule has 9 heteroatoms. The van der Waals surface area contributed by atoms with Crippen molar-refractivity contribution in [2.45, 2.75) is 44.0 Å². The molecule has 1 aromatic carbocycles. The number of carbonyl (C=O) groups is 1. The highest BCUT2D eigenvalue weighted by Gasteiger charge is 2.24. The fourth-order valence-corrected chi connectivity index (χ4v) is 5.04. The monoisotopic (exact) mass is 467 g/mol. The van der Waals surface area contributed by atoms with Crippen molar-refractivity contribution in [1.82, 2.24) is 20.1 Å². The molecule has 33 heavy (non-hydrogen) atoms. The summed E-state index contributed by atoms with van der Waals surface area (Å²) in [4.78, 5) is 19.9. The Balaban J connectivity index is 1.38. The van der Waals surface area contributed by atoms with Crippen LogP contribution in [0.2, 0.25) is 0 Å². The van der Waals surface area contributed by atoms with Crippen LogP contribution in [0.15, 0.2) is 59.8 Å². The van der Waals surface area contributed by atoms with E-state index in [4.69, 9.17) is 0 Å². The molecule has 1 N–H and O–H groups in total. The topological polar surface area (TPSA) is 97.2 Å². The average molecular weight is 468 g/mol. The predicted molar refractivity (Wildman–Crippen MR) is 128 cm³/mol. The molecule has 1 aliphatic rings. The van der Waals surface area contributed by atoms with Gasteiger partial charge in [-0.1, -0.05) is 19.9 Å². The summed E-state index contributed by atoms with van der Waals surface area (Å²) in [5.74, 6) is 0.680. The first-order chi connectivity index (χ1) is 15.9. The number of amides is 1. The summed E-state index contributed by atoms with van der Waals surface area (Å²) in [7, 11) is -3.19. The number of nitrogens with zero attached hydrogens (tertiary/aromatic N) is 4. The molecule has 0 spiro atoms. The SMILES string of the molecule is CCc1c(C(=O)NC2CCN(c3ccc(S(=O)(=O)CC)cc3)CC2)cnn1-c1ccccn1. The molecule has 1 saturated heterocycles. The van der Waals surface area contributed by atoms with Crippen LogP contribution in [0.4, 0.5) is 5.69 Å². The molecule has 3 aromatic rings.